The highest BCUT2D eigenvalue weighted by Gasteiger charge is 2.12. The minimum atomic E-state index is 0.543. The van der Waals surface area contributed by atoms with Crippen LogP contribution in [-0.2, 0) is 6.54 Å². The van der Waals surface area contributed by atoms with Crippen LogP contribution in [0.5, 0.6) is 11.5 Å². The summed E-state index contributed by atoms with van der Waals surface area (Å²) >= 11 is 0. The van der Waals surface area contributed by atoms with Crippen LogP contribution in [0.1, 0.15) is 11.1 Å². The van der Waals surface area contributed by atoms with Crippen molar-refractivity contribution in [1.29, 1.82) is 5.26 Å². The van der Waals surface area contributed by atoms with E-state index in [4.69, 9.17) is 14.7 Å². The van der Waals surface area contributed by atoms with E-state index >= 15 is 0 Å². The number of methoxy groups -OCH3 is 2. The molecule has 0 bridgehead atoms. The van der Waals surface area contributed by atoms with E-state index in [1.165, 1.54) is 6.33 Å². The first-order valence-corrected chi connectivity index (χ1v) is 8.87. The molecule has 0 aliphatic carbocycles. The predicted molar refractivity (Wildman–Crippen MR) is 108 cm³/mol. The van der Waals surface area contributed by atoms with Gasteiger partial charge in [0.15, 0.2) is 17.1 Å². The normalized spacial score (nSPS) is 10.5. The second-order valence-corrected chi connectivity index (χ2v) is 6.22. The van der Waals surface area contributed by atoms with Gasteiger partial charge in [-0.3, -0.25) is 0 Å². The fraction of sp³-hybridized carbons (Fsp3) is 0.143. The fourth-order valence-electron chi connectivity index (χ4n) is 3.06. The summed E-state index contributed by atoms with van der Waals surface area (Å²) in [5, 5.41) is 17.7. The lowest BCUT2D eigenvalue weighted by Crippen LogP contribution is -2.04. The Bertz CT molecular complexity index is 1210. The molecule has 29 heavy (non-hydrogen) atoms. The van der Waals surface area contributed by atoms with Crippen LogP contribution in [0, 0.1) is 11.3 Å². The maximum absolute atomic E-state index is 9.13. The molecule has 0 fully saturated rings. The predicted octanol–water partition coefficient (Wildman–Crippen LogP) is 3.32. The number of nitrogens with zero attached hydrogens (tertiary/aromatic N) is 5. The maximum atomic E-state index is 9.13. The monoisotopic (exact) mass is 386 g/mol. The number of nitriles is 1. The molecule has 0 radical (unpaired) electrons. The molecule has 2 heterocycles. The molecule has 2 aromatic heterocycles. The maximum Gasteiger partial charge on any atom is 0.168 e. The van der Waals surface area contributed by atoms with Gasteiger partial charge in [0.1, 0.15) is 12.1 Å². The van der Waals surface area contributed by atoms with Gasteiger partial charge in [-0.25, -0.2) is 14.6 Å². The summed E-state index contributed by atoms with van der Waals surface area (Å²) in [7, 11) is 3.22. The molecule has 0 aliphatic heterocycles. The van der Waals surface area contributed by atoms with Crippen LogP contribution in [-0.4, -0.2) is 34.0 Å². The van der Waals surface area contributed by atoms with Crippen LogP contribution in [0.4, 0.5) is 5.82 Å². The van der Waals surface area contributed by atoms with Crippen molar-refractivity contribution in [2.45, 2.75) is 6.54 Å². The van der Waals surface area contributed by atoms with Gasteiger partial charge < -0.3 is 14.8 Å². The van der Waals surface area contributed by atoms with Gasteiger partial charge in [-0.05, 0) is 35.9 Å². The number of benzene rings is 2. The molecule has 4 rings (SSSR count). The van der Waals surface area contributed by atoms with Gasteiger partial charge in [0, 0.05) is 6.54 Å². The molecule has 0 saturated heterocycles. The molecule has 8 nitrogen and oxygen atoms in total. The fourth-order valence-corrected chi connectivity index (χ4v) is 3.06. The van der Waals surface area contributed by atoms with E-state index < -0.39 is 0 Å². The molecule has 0 saturated carbocycles. The lowest BCUT2D eigenvalue weighted by molar-refractivity contribution is 0.354. The van der Waals surface area contributed by atoms with E-state index in [-0.39, 0.29) is 0 Å². The first-order valence-electron chi connectivity index (χ1n) is 8.87. The van der Waals surface area contributed by atoms with Gasteiger partial charge in [0.05, 0.1) is 43.1 Å². The average molecular weight is 386 g/mol. The summed E-state index contributed by atoms with van der Waals surface area (Å²) in [5.41, 5.74) is 3.00. The molecule has 0 aliphatic rings. The Morgan fingerprint density at radius 3 is 2.72 bits per heavy atom. The van der Waals surface area contributed by atoms with Crippen molar-refractivity contribution in [3.63, 3.8) is 0 Å². The van der Waals surface area contributed by atoms with Crippen molar-refractivity contribution >= 4 is 16.9 Å². The van der Waals surface area contributed by atoms with Crippen LogP contribution < -0.4 is 14.8 Å². The van der Waals surface area contributed by atoms with Gasteiger partial charge in [-0.2, -0.15) is 10.4 Å². The molecule has 4 aromatic rings. The highest BCUT2D eigenvalue weighted by Crippen LogP contribution is 2.28. The molecule has 0 amide bonds. The lowest BCUT2D eigenvalue weighted by atomic mass is 10.2. The third-order valence-corrected chi connectivity index (χ3v) is 4.49. The van der Waals surface area contributed by atoms with Crippen molar-refractivity contribution in [2.75, 3.05) is 19.5 Å². The standard InChI is InChI=1S/C21H18N6O2/c1-28-18-7-6-15(9-19(18)29-2)11-23-20-17-12-26-27(21(17)25-13-24-20)16-5-3-4-14(8-16)10-22/h3-9,12-13H,11H2,1-2H3,(H,23,24,25). The Morgan fingerprint density at radius 1 is 1.07 bits per heavy atom. The molecule has 8 heteroatoms. The van der Waals surface area contributed by atoms with Crippen molar-refractivity contribution in [3.8, 4) is 23.3 Å². The van der Waals surface area contributed by atoms with Crippen LogP contribution in [0.15, 0.2) is 55.0 Å². The van der Waals surface area contributed by atoms with Gasteiger partial charge >= 0.3 is 0 Å². The topological polar surface area (TPSA) is 97.9 Å². The second kappa shape index (κ2) is 7.86. The molecule has 1 N–H and O–H groups in total. The second-order valence-electron chi connectivity index (χ2n) is 6.22. The van der Waals surface area contributed by atoms with Gasteiger partial charge in [-0.1, -0.05) is 12.1 Å². The zero-order valence-corrected chi connectivity index (χ0v) is 16.0. The number of fused-ring (bicyclic) bond motifs is 1. The van der Waals surface area contributed by atoms with E-state index in [0.717, 1.165) is 16.6 Å². The Hall–Kier alpha value is -4.12. The van der Waals surface area contributed by atoms with Crippen LogP contribution in [0.2, 0.25) is 0 Å². The minimum absolute atomic E-state index is 0.543. The zero-order valence-electron chi connectivity index (χ0n) is 16.0. The highest BCUT2D eigenvalue weighted by molar-refractivity contribution is 5.87. The number of hydrogen-bond acceptors (Lipinski definition) is 7. The Kier molecular flexibility index (Phi) is 4.95. The molecule has 0 atom stereocenters. The minimum Gasteiger partial charge on any atom is -0.493 e. The molecule has 144 valence electrons. The first kappa shape index (κ1) is 18.3. The summed E-state index contributed by atoms with van der Waals surface area (Å²) in [5.74, 6) is 2.03. The van der Waals surface area contributed by atoms with Crippen molar-refractivity contribution < 1.29 is 9.47 Å². The molecule has 0 unspecified atom stereocenters. The summed E-state index contributed by atoms with van der Waals surface area (Å²) in [6, 6.07) is 15.1. The van der Waals surface area contributed by atoms with E-state index in [1.54, 1.807) is 37.2 Å². The first-order chi connectivity index (χ1) is 14.2. The summed E-state index contributed by atoms with van der Waals surface area (Å²) < 4.78 is 12.3. The average Bonchev–Trinajstić information content (AvgIpc) is 3.22. The van der Waals surface area contributed by atoms with Gasteiger partial charge in [0.2, 0.25) is 0 Å². The molecule has 2 aromatic carbocycles. The van der Waals surface area contributed by atoms with E-state index in [2.05, 4.69) is 26.5 Å². The van der Waals surface area contributed by atoms with Gasteiger partial charge in [-0.15, -0.1) is 0 Å². The van der Waals surface area contributed by atoms with Crippen molar-refractivity contribution in [1.82, 2.24) is 19.7 Å². The number of aromatic nitrogens is 4. The smallest absolute Gasteiger partial charge is 0.168 e. The van der Waals surface area contributed by atoms with E-state index in [0.29, 0.717) is 35.1 Å². The van der Waals surface area contributed by atoms with E-state index in [1.807, 2.05) is 30.3 Å². The number of hydrogen-bond donors (Lipinski definition) is 1. The van der Waals surface area contributed by atoms with Crippen molar-refractivity contribution in [3.05, 3.63) is 66.1 Å². The number of anilines is 1. The largest absolute Gasteiger partial charge is 0.493 e. The highest BCUT2D eigenvalue weighted by atomic mass is 16.5. The molecular formula is C21H18N6O2. The Balaban J connectivity index is 1.63. The van der Waals surface area contributed by atoms with Crippen molar-refractivity contribution in [2.24, 2.45) is 0 Å². The quantitative estimate of drug-likeness (QED) is 0.543. The van der Waals surface area contributed by atoms with Crippen LogP contribution in [0.25, 0.3) is 16.7 Å². The van der Waals surface area contributed by atoms with Crippen LogP contribution >= 0.6 is 0 Å². The Morgan fingerprint density at radius 2 is 1.93 bits per heavy atom. The van der Waals surface area contributed by atoms with Crippen LogP contribution in [0.3, 0.4) is 0 Å². The summed E-state index contributed by atoms with van der Waals surface area (Å²) in [6.07, 6.45) is 3.21. The number of nitrogens with one attached hydrogen (secondary N) is 1. The lowest BCUT2D eigenvalue weighted by Gasteiger charge is -2.11. The molecule has 0 spiro atoms. The third-order valence-electron chi connectivity index (χ3n) is 4.49. The zero-order chi connectivity index (χ0) is 20.2. The summed E-state index contributed by atoms with van der Waals surface area (Å²) in [6.45, 7) is 0.543. The summed E-state index contributed by atoms with van der Waals surface area (Å²) in [4.78, 5) is 8.72. The number of ether oxygens (including phenoxy) is 2. The Labute approximate surface area is 167 Å². The third kappa shape index (κ3) is 3.53. The van der Waals surface area contributed by atoms with Gasteiger partial charge in [0.25, 0.3) is 0 Å². The number of rotatable bonds is 6. The van der Waals surface area contributed by atoms with E-state index in [9.17, 15) is 0 Å². The SMILES string of the molecule is COc1ccc(CNc2ncnc3c2cnn3-c2cccc(C#N)c2)cc1OC. The molecular weight excluding hydrogens is 368 g/mol.